The van der Waals surface area contributed by atoms with Gasteiger partial charge in [0.1, 0.15) is 11.9 Å². The normalized spacial score (nSPS) is 24.8. The molecule has 134 valence electrons. The number of anilines is 1. The number of ether oxygens (including phenoxy) is 1. The van der Waals surface area contributed by atoms with Gasteiger partial charge < -0.3 is 19.4 Å². The standard InChI is InChI=1S/C18H26BN3O3/c1-17(2)18(3,4)25-19(24-17)14-9-13(10-20)16(21-11-14)22-12-15-7-5-6-8-23-15/h9,11,15H,5-8,12H2,1-4H3,(H,21,22)/t15-/m0/s1. The fourth-order valence-electron chi connectivity index (χ4n) is 2.99. The molecule has 7 heteroatoms. The van der Waals surface area contributed by atoms with Gasteiger partial charge in [-0.1, -0.05) is 0 Å². The monoisotopic (exact) mass is 343 g/mol. The van der Waals surface area contributed by atoms with Gasteiger partial charge in [0.25, 0.3) is 0 Å². The molecule has 1 aromatic rings. The lowest BCUT2D eigenvalue weighted by atomic mass is 9.79. The molecule has 25 heavy (non-hydrogen) atoms. The molecule has 0 amide bonds. The topological polar surface area (TPSA) is 76.4 Å². The minimum absolute atomic E-state index is 0.185. The van der Waals surface area contributed by atoms with Crippen LogP contribution in [0.3, 0.4) is 0 Å². The van der Waals surface area contributed by atoms with Crippen LogP contribution >= 0.6 is 0 Å². The Kier molecular flexibility index (Phi) is 5.05. The molecule has 0 unspecified atom stereocenters. The van der Waals surface area contributed by atoms with Crippen LogP contribution in [0.5, 0.6) is 0 Å². The van der Waals surface area contributed by atoms with E-state index in [0.717, 1.165) is 24.9 Å². The maximum Gasteiger partial charge on any atom is 0.496 e. The van der Waals surface area contributed by atoms with E-state index in [-0.39, 0.29) is 6.10 Å². The largest absolute Gasteiger partial charge is 0.496 e. The van der Waals surface area contributed by atoms with Crippen molar-refractivity contribution in [1.29, 1.82) is 5.26 Å². The molecular weight excluding hydrogens is 317 g/mol. The summed E-state index contributed by atoms with van der Waals surface area (Å²) in [6, 6.07) is 4.00. The summed E-state index contributed by atoms with van der Waals surface area (Å²) in [6.45, 7) is 9.50. The number of hydrogen-bond acceptors (Lipinski definition) is 6. The van der Waals surface area contributed by atoms with Crippen molar-refractivity contribution in [1.82, 2.24) is 4.98 Å². The summed E-state index contributed by atoms with van der Waals surface area (Å²) in [7, 11) is -0.514. The molecule has 0 aromatic carbocycles. The van der Waals surface area contributed by atoms with Crippen LogP contribution in [0.2, 0.25) is 0 Å². The molecule has 2 aliphatic rings. The Balaban J connectivity index is 1.71. The summed E-state index contributed by atoms with van der Waals surface area (Å²) in [4.78, 5) is 4.42. The maximum absolute atomic E-state index is 9.49. The second kappa shape index (κ2) is 6.95. The highest BCUT2D eigenvalue weighted by atomic mass is 16.7. The minimum atomic E-state index is -0.514. The Hall–Kier alpha value is -1.62. The quantitative estimate of drug-likeness (QED) is 0.845. The van der Waals surface area contributed by atoms with E-state index in [4.69, 9.17) is 14.0 Å². The van der Waals surface area contributed by atoms with Gasteiger partial charge in [0.15, 0.2) is 0 Å². The van der Waals surface area contributed by atoms with Gasteiger partial charge in [0, 0.05) is 24.8 Å². The highest BCUT2D eigenvalue weighted by molar-refractivity contribution is 6.62. The molecule has 2 saturated heterocycles. The summed E-state index contributed by atoms with van der Waals surface area (Å²) < 4.78 is 17.8. The van der Waals surface area contributed by atoms with Gasteiger partial charge in [-0.05, 0) is 53.0 Å². The van der Waals surface area contributed by atoms with Gasteiger partial charge in [-0.2, -0.15) is 5.26 Å². The molecular formula is C18H26BN3O3. The predicted octanol–water partition coefficient (Wildman–Crippen LogP) is 2.23. The van der Waals surface area contributed by atoms with Crippen molar-refractivity contribution >= 4 is 18.4 Å². The Labute approximate surface area is 150 Å². The van der Waals surface area contributed by atoms with E-state index in [0.29, 0.717) is 17.9 Å². The van der Waals surface area contributed by atoms with Crippen LogP contribution in [-0.4, -0.2) is 42.6 Å². The van der Waals surface area contributed by atoms with Crippen molar-refractivity contribution in [3.8, 4) is 6.07 Å². The highest BCUT2D eigenvalue weighted by Gasteiger charge is 2.51. The first-order valence-electron chi connectivity index (χ1n) is 8.93. The van der Waals surface area contributed by atoms with Gasteiger partial charge in [-0.15, -0.1) is 0 Å². The molecule has 1 aromatic heterocycles. The van der Waals surface area contributed by atoms with E-state index in [1.807, 2.05) is 27.7 Å². The van der Waals surface area contributed by atoms with Crippen LogP contribution in [0, 0.1) is 11.3 Å². The van der Waals surface area contributed by atoms with Crippen molar-refractivity contribution in [2.24, 2.45) is 0 Å². The second-order valence-corrected chi connectivity index (χ2v) is 7.73. The van der Waals surface area contributed by atoms with Crippen molar-refractivity contribution in [3.05, 3.63) is 17.8 Å². The van der Waals surface area contributed by atoms with Crippen LogP contribution in [-0.2, 0) is 14.0 Å². The zero-order chi connectivity index (χ0) is 18.1. The maximum atomic E-state index is 9.49. The Bertz CT molecular complexity index is 650. The first kappa shape index (κ1) is 18.2. The number of nitrogens with zero attached hydrogens (tertiary/aromatic N) is 2. The Morgan fingerprint density at radius 1 is 1.28 bits per heavy atom. The van der Waals surface area contributed by atoms with Crippen LogP contribution in [0.1, 0.15) is 52.5 Å². The molecule has 0 bridgehead atoms. The zero-order valence-corrected chi connectivity index (χ0v) is 15.5. The van der Waals surface area contributed by atoms with Crippen LogP contribution < -0.4 is 10.8 Å². The Morgan fingerprint density at radius 2 is 2.00 bits per heavy atom. The lowest BCUT2D eigenvalue weighted by Gasteiger charge is -2.32. The van der Waals surface area contributed by atoms with Gasteiger partial charge >= 0.3 is 7.12 Å². The van der Waals surface area contributed by atoms with Crippen molar-refractivity contribution in [2.45, 2.75) is 64.3 Å². The van der Waals surface area contributed by atoms with Crippen LogP contribution in [0.15, 0.2) is 12.3 Å². The summed E-state index contributed by atoms with van der Waals surface area (Å²) in [5, 5.41) is 12.7. The first-order chi connectivity index (χ1) is 11.8. The van der Waals surface area contributed by atoms with Crippen LogP contribution in [0.4, 0.5) is 5.82 Å². The Morgan fingerprint density at radius 3 is 2.60 bits per heavy atom. The van der Waals surface area contributed by atoms with Crippen molar-refractivity contribution < 1.29 is 14.0 Å². The fourth-order valence-corrected chi connectivity index (χ4v) is 2.99. The second-order valence-electron chi connectivity index (χ2n) is 7.73. The summed E-state index contributed by atoms with van der Waals surface area (Å²) in [6.07, 6.45) is 5.26. The zero-order valence-electron chi connectivity index (χ0n) is 15.5. The molecule has 2 fully saturated rings. The molecule has 0 radical (unpaired) electrons. The van der Waals surface area contributed by atoms with E-state index < -0.39 is 18.3 Å². The molecule has 0 saturated carbocycles. The van der Waals surface area contributed by atoms with Crippen molar-refractivity contribution in [2.75, 3.05) is 18.5 Å². The third-order valence-electron chi connectivity index (χ3n) is 5.33. The smallest absolute Gasteiger partial charge is 0.399 e. The molecule has 0 aliphatic carbocycles. The van der Waals surface area contributed by atoms with E-state index >= 15 is 0 Å². The third kappa shape index (κ3) is 3.81. The molecule has 3 rings (SSSR count). The molecule has 6 nitrogen and oxygen atoms in total. The van der Waals surface area contributed by atoms with Crippen molar-refractivity contribution in [3.63, 3.8) is 0 Å². The van der Waals surface area contributed by atoms with Gasteiger partial charge in [-0.25, -0.2) is 4.98 Å². The van der Waals surface area contributed by atoms with Gasteiger partial charge in [-0.3, -0.25) is 0 Å². The summed E-state index contributed by atoms with van der Waals surface area (Å²) in [5.74, 6) is 0.581. The average Bonchev–Trinajstić information content (AvgIpc) is 2.81. The molecule has 3 heterocycles. The number of hydrogen-bond donors (Lipinski definition) is 1. The predicted molar refractivity (Wildman–Crippen MR) is 96.7 cm³/mol. The molecule has 0 spiro atoms. The lowest BCUT2D eigenvalue weighted by Crippen LogP contribution is -2.41. The minimum Gasteiger partial charge on any atom is -0.399 e. The van der Waals surface area contributed by atoms with Gasteiger partial charge in [0.2, 0.25) is 0 Å². The molecule has 1 N–H and O–H groups in total. The van der Waals surface area contributed by atoms with E-state index in [1.54, 1.807) is 12.3 Å². The third-order valence-corrected chi connectivity index (χ3v) is 5.33. The number of nitrogens with one attached hydrogen (secondary N) is 1. The van der Waals surface area contributed by atoms with E-state index in [1.165, 1.54) is 6.42 Å². The number of rotatable bonds is 4. The fraction of sp³-hybridized carbons (Fsp3) is 0.667. The summed E-state index contributed by atoms with van der Waals surface area (Å²) >= 11 is 0. The first-order valence-corrected chi connectivity index (χ1v) is 8.93. The molecule has 1 atom stereocenters. The van der Waals surface area contributed by atoms with Crippen LogP contribution in [0.25, 0.3) is 0 Å². The summed E-state index contributed by atoms with van der Waals surface area (Å²) in [5.41, 5.74) is 0.414. The lowest BCUT2D eigenvalue weighted by molar-refractivity contribution is 0.00578. The molecule has 2 aliphatic heterocycles. The number of aromatic nitrogens is 1. The van der Waals surface area contributed by atoms with E-state index in [2.05, 4.69) is 16.4 Å². The highest BCUT2D eigenvalue weighted by Crippen LogP contribution is 2.36. The number of nitriles is 1. The SMILES string of the molecule is CC1(C)OB(c2cnc(NC[C@@H]3CCCCO3)c(C#N)c2)OC1(C)C. The number of pyridine rings is 1. The average molecular weight is 343 g/mol. The van der Waals surface area contributed by atoms with E-state index in [9.17, 15) is 5.26 Å². The van der Waals surface area contributed by atoms with Gasteiger partial charge in [0.05, 0.1) is 22.9 Å².